The molecule has 4 nitrogen and oxygen atoms in total. The number of carbonyl (C=O) groups excluding carboxylic acids is 1. The first-order valence-electron chi connectivity index (χ1n) is 7.08. The van der Waals surface area contributed by atoms with Crippen molar-refractivity contribution in [2.45, 2.75) is 13.0 Å². The van der Waals surface area contributed by atoms with Gasteiger partial charge in [0, 0.05) is 16.4 Å². The molecule has 0 aliphatic rings. The molecular weight excluding hydrogens is 354 g/mol. The maximum Gasteiger partial charge on any atom is 0.263 e. The maximum atomic E-state index is 12.2. The summed E-state index contributed by atoms with van der Waals surface area (Å²) in [6, 6.07) is 18.8. The summed E-state index contributed by atoms with van der Waals surface area (Å²) in [6.07, 6.45) is 1.41. The molecule has 5 heteroatoms. The van der Waals surface area contributed by atoms with E-state index >= 15 is 0 Å². The van der Waals surface area contributed by atoms with Gasteiger partial charge in [0.15, 0.2) is 0 Å². The molecule has 0 spiro atoms. The number of amides is 1. The molecule has 0 saturated carbocycles. The molecule has 1 atom stereocenters. The number of hydrogen-bond donors (Lipinski definition) is 2. The highest BCUT2D eigenvalue weighted by Gasteiger charge is 2.13. The van der Waals surface area contributed by atoms with Crippen LogP contribution < -0.4 is 10.6 Å². The first-order valence-corrected chi connectivity index (χ1v) is 7.87. The lowest BCUT2D eigenvalue weighted by molar-refractivity contribution is -0.117. The van der Waals surface area contributed by atoms with Gasteiger partial charge < -0.3 is 10.6 Å². The van der Waals surface area contributed by atoms with E-state index in [-0.39, 0.29) is 11.6 Å². The Hall–Kier alpha value is -2.58. The average molecular weight is 370 g/mol. The zero-order valence-corrected chi connectivity index (χ0v) is 14.2. The molecule has 0 saturated heterocycles. The number of nitrogens with zero attached hydrogens (tertiary/aromatic N) is 1. The predicted octanol–water partition coefficient (Wildman–Crippen LogP) is 4.15. The summed E-state index contributed by atoms with van der Waals surface area (Å²) in [4.78, 5) is 12.2. The summed E-state index contributed by atoms with van der Waals surface area (Å²) in [5, 5.41) is 15.0. The van der Waals surface area contributed by atoms with Crippen molar-refractivity contribution in [3.63, 3.8) is 0 Å². The molecule has 0 fully saturated rings. The summed E-state index contributed by atoms with van der Waals surface area (Å²) in [7, 11) is 0. The Kier molecular flexibility index (Phi) is 5.95. The Bertz CT molecular complexity index is 750. The molecule has 2 N–H and O–H groups in total. The molecular formula is C18H16BrN3O. The van der Waals surface area contributed by atoms with Crippen molar-refractivity contribution in [2.75, 3.05) is 5.32 Å². The van der Waals surface area contributed by atoms with Gasteiger partial charge in [-0.3, -0.25) is 4.79 Å². The minimum atomic E-state index is -0.411. The van der Waals surface area contributed by atoms with Crippen LogP contribution in [0.5, 0.6) is 0 Å². The van der Waals surface area contributed by atoms with Crippen molar-refractivity contribution in [2.24, 2.45) is 0 Å². The van der Waals surface area contributed by atoms with Crippen LogP contribution >= 0.6 is 15.9 Å². The molecule has 2 aromatic carbocycles. The Morgan fingerprint density at radius 3 is 2.61 bits per heavy atom. The molecule has 0 heterocycles. The van der Waals surface area contributed by atoms with Crippen LogP contribution in [0.15, 0.2) is 70.8 Å². The number of hydrogen-bond acceptors (Lipinski definition) is 3. The highest BCUT2D eigenvalue weighted by atomic mass is 79.9. The lowest BCUT2D eigenvalue weighted by Gasteiger charge is -2.13. The number of rotatable bonds is 5. The van der Waals surface area contributed by atoms with Crippen molar-refractivity contribution in [1.82, 2.24) is 5.32 Å². The van der Waals surface area contributed by atoms with E-state index in [0.29, 0.717) is 0 Å². The van der Waals surface area contributed by atoms with Crippen LogP contribution in [0.4, 0.5) is 5.69 Å². The third-order valence-corrected chi connectivity index (χ3v) is 3.71. The fourth-order valence-corrected chi connectivity index (χ4v) is 2.38. The molecule has 0 aromatic heterocycles. The van der Waals surface area contributed by atoms with Crippen molar-refractivity contribution in [3.05, 3.63) is 76.4 Å². The number of nitrogens with one attached hydrogen (secondary N) is 2. The van der Waals surface area contributed by atoms with E-state index in [4.69, 9.17) is 0 Å². The summed E-state index contributed by atoms with van der Waals surface area (Å²) < 4.78 is 0.913. The van der Waals surface area contributed by atoms with Crippen LogP contribution in [0.2, 0.25) is 0 Å². The van der Waals surface area contributed by atoms with Crippen LogP contribution in [0.3, 0.4) is 0 Å². The van der Waals surface area contributed by atoms with E-state index in [1.165, 1.54) is 6.20 Å². The quantitative estimate of drug-likeness (QED) is 0.614. The SMILES string of the molecule is CC(NC(=O)/C(C#N)=C\Nc1cccc(Br)c1)c1ccccc1. The van der Waals surface area contributed by atoms with E-state index in [1.54, 1.807) is 0 Å². The Morgan fingerprint density at radius 1 is 1.22 bits per heavy atom. The van der Waals surface area contributed by atoms with Gasteiger partial charge in [-0.05, 0) is 30.7 Å². The number of halogens is 1. The highest BCUT2D eigenvalue weighted by Crippen LogP contribution is 2.16. The lowest BCUT2D eigenvalue weighted by Crippen LogP contribution is -2.28. The van der Waals surface area contributed by atoms with Crippen LogP contribution in [-0.4, -0.2) is 5.91 Å². The largest absolute Gasteiger partial charge is 0.360 e. The predicted molar refractivity (Wildman–Crippen MR) is 94.5 cm³/mol. The number of benzene rings is 2. The van der Waals surface area contributed by atoms with Crippen molar-refractivity contribution in [1.29, 1.82) is 5.26 Å². The highest BCUT2D eigenvalue weighted by molar-refractivity contribution is 9.10. The van der Waals surface area contributed by atoms with E-state index in [0.717, 1.165) is 15.7 Å². The second-order valence-corrected chi connectivity index (χ2v) is 5.85. The first kappa shape index (κ1) is 16.8. The molecule has 1 unspecified atom stereocenters. The minimum Gasteiger partial charge on any atom is -0.360 e. The molecule has 2 rings (SSSR count). The number of anilines is 1. The van der Waals surface area contributed by atoms with Gasteiger partial charge in [-0.1, -0.05) is 52.3 Å². The van der Waals surface area contributed by atoms with Gasteiger partial charge in [0.05, 0.1) is 6.04 Å². The van der Waals surface area contributed by atoms with Crippen LogP contribution in [0.1, 0.15) is 18.5 Å². The van der Waals surface area contributed by atoms with E-state index in [2.05, 4.69) is 26.6 Å². The normalized spacial score (nSPS) is 12.1. The molecule has 116 valence electrons. The minimum absolute atomic E-state index is 0.0211. The molecule has 1 amide bonds. The topological polar surface area (TPSA) is 64.9 Å². The molecule has 0 radical (unpaired) electrons. The van der Waals surface area contributed by atoms with Crippen LogP contribution in [0.25, 0.3) is 0 Å². The fourth-order valence-electron chi connectivity index (χ4n) is 1.98. The van der Waals surface area contributed by atoms with Gasteiger partial charge in [0.25, 0.3) is 5.91 Å². The number of nitriles is 1. The standard InChI is InChI=1S/C18H16BrN3O/c1-13(14-6-3-2-4-7-14)22-18(23)15(11-20)12-21-17-9-5-8-16(19)10-17/h2-10,12-13,21H,1H3,(H,22,23)/b15-12-. The molecule has 0 aliphatic carbocycles. The molecule has 23 heavy (non-hydrogen) atoms. The van der Waals surface area contributed by atoms with E-state index < -0.39 is 5.91 Å². The molecule has 2 aromatic rings. The van der Waals surface area contributed by atoms with Crippen molar-refractivity contribution in [3.8, 4) is 6.07 Å². The van der Waals surface area contributed by atoms with E-state index in [1.807, 2.05) is 67.6 Å². The van der Waals surface area contributed by atoms with Gasteiger partial charge >= 0.3 is 0 Å². The lowest BCUT2D eigenvalue weighted by atomic mass is 10.1. The Labute approximate surface area is 144 Å². The zero-order valence-electron chi connectivity index (χ0n) is 12.6. The first-order chi connectivity index (χ1) is 11.1. The number of carbonyl (C=O) groups is 1. The van der Waals surface area contributed by atoms with Gasteiger partial charge in [-0.2, -0.15) is 5.26 Å². The summed E-state index contributed by atoms with van der Waals surface area (Å²) >= 11 is 3.37. The molecule has 0 aliphatic heterocycles. The van der Waals surface area contributed by atoms with Crippen molar-refractivity contribution < 1.29 is 4.79 Å². The van der Waals surface area contributed by atoms with E-state index in [9.17, 15) is 10.1 Å². The Balaban J connectivity index is 2.04. The second kappa shape index (κ2) is 8.16. The maximum absolute atomic E-state index is 12.2. The Morgan fingerprint density at radius 2 is 1.96 bits per heavy atom. The van der Waals surface area contributed by atoms with Gasteiger partial charge in [0.2, 0.25) is 0 Å². The monoisotopic (exact) mass is 369 g/mol. The van der Waals surface area contributed by atoms with Gasteiger partial charge in [0.1, 0.15) is 11.6 Å². The van der Waals surface area contributed by atoms with Gasteiger partial charge in [-0.25, -0.2) is 0 Å². The van der Waals surface area contributed by atoms with Gasteiger partial charge in [-0.15, -0.1) is 0 Å². The zero-order chi connectivity index (χ0) is 16.7. The van der Waals surface area contributed by atoms with Crippen LogP contribution in [0, 0.1) is 11.3 Å². The van der Waals surface area contributed by atoms with Crippen molar-refractivity contribution >= 4 is 27.5 Å². The second-order valence-electron chi connectivity index (χ2n) is 4.93. The van der Waals surface area contributed by atoms with Crippen LogP contribution in [-0.2, 0) is 4.79 Å². The average Bonchev–Trinajstić information content (AvgIpc) is 2.56. The molecule has 0 bridgehead atoms. The third kappa shape index (κ3) is 4.97. The summed E-state index contributed by atoms with van der Waals surface area (Å²) in [5.74, 6) is -0.411. The third-order valence-electron chi connectivity index (χ3n) is 3.22. The smallest absolute Gasteiger partial charge is 0.263 e. The summed E-state index contributed by atoms with van der Waals surface area (Å²) in [6.45, 7) is 1.88. The summed E-state index contributed by atoms with van der Waals surface area (Å²) in [5.41, 5.74) is 1.79. The fraction of sp³-hybridized carbons (Fsp3) is 0.111.